The Morgan fingerprint density at radius 1 is 1.22 bits per heavy atom. The van der Waals surface area contributed by atoms with Gasteiger partial charge < -0.3 is 14.5 Å². The van der Waals surface area contributed by atoms with Gasteiger partial charge in [0.2, 0.25) is 0 Å². The molecule has 1 unspecified atom stereocenters. The standard InChI is InChI=1S/C16H17NO5S/c18-16(15-4-2-10-22-15)17-12-5-7-14(8-6-12)23(19,20)11-13-3-1-9-21-13/h2,4-8,10,13H,1,3,9,11H2,(H,17,18). The summed E-state index contributed by atoms with van der Waals surface area (Å²) in [6.07, 6.45) is 2.86. The summed E-state index contributed by atoms with van der Waals surface area (Å²) in [7, 11) is -3.39. The van der Waals surface area contributed by atoms with Crippen molar-refractivity contribution in [2.45, 2.75) is 23.8 Å². The Hall–Kier alpha value is -2.12. The first-order valence-electron chi connectivity index (χ1n) is 7.34. The summed E-state index contributed by atoms with van der Waals surface area (Å²) in [5, 5.41) is 2.64. The zero-order valence-electron chi connectivity index (χ0n) is 12.4. The quantitative estimate of drug-likeness (QED) is 0.907. The number of benzene rings is 1. The monoisotopic (exact) mass is 335 g/mol. The number of hydrogen-bond donors (Lipinski definition) is 1. The molecule has 0 spiro atoms. The second-order valence-corrected chi connectivity index (χ2v) is 7.41. The van der Waals surface area contributed by atoms with Crippen LogP contribution in [0.1, 0.15) is 23.4 Å². The Morgan fingerprint density at radius 2 is 2.00 bits per heavy atom. The van der Waals surface area contributed by atoms with Crippen LogP contribution in [-0.4, -0.2) is 32.8 Å². The zero-order valence-corrected chi connectivity index (χ0v) is 13.2. The third kappa shape index (κ3) is 3.80. The van der Waals surface area contributed by atoms with Gasteiger partial charge in [-0.25, -0.2) is 8.42 Å². The van der Waals surface area contributed by atoms with Gasteiger partial charge in [0.15, 0.2) is 15.6 Å². The van der Waals surface area contributed by atoms with Crippen molar-refractivity contribution in [2.24, 2.45) is 0 Å². The highest BCUT2D eigenvalue weighted by Gasteiger charge is 2.24. The molecule has 1 amide bonds. The highest BCUT2D eigenvalue weighted by atomic mass is 32.2. The maximum absolute atomic E-state index is 12.3. The predicted molar refractivity (Wildman–Crippen MR) is 84.1 cm³/mol. The van der Waals surface area contributed by atoms with Crippen molar-refractivity contribution in [1.82, 2.24) is 0 Å². The van der Waals surface area contributed by atoms with Crippen LogP contribution in [0, 0.1) is 0 Å². The summed E-state index contributed by atoms with van der Waals surface area (Å²) in [4.78, 5) is 12.1. The number of anilines is 1. The summed E-state index contributed by atoms with van der Waals surface area (Å²) >= 11 is 0. The molecule has 1 aromatic heterocycles. The normalized spacial score (nSPS) is 18.0. The van der Waals surface area contributed by atoms with Crippen molar-refractivity contribution in [3.05, 3.63) is 48.4 Å². The lowest BCUT2D eigenvalue weighted by Gasteiger charge is -2.11. The fraction of sp³-hybridized carbons (Fsp3) is 0.312. The van der Waals surface area contributed by atoms with E-state index in [0.29, 0.717) is 12.3 Å². The van der Waals surface area contributed by atoms with Crippen molar-refractivity contribution in [3.63, 3.8) is 0 Å². The fourth-order valence-electron chi connectivity index (χ4n) is 2.46. The van der Waals surface area contributed by atoms with Crippen molar-refractivity contribution < 1.29 is 22.4 Å². The highest BCUT2D eigenvalue weighted by Crippen LogP contribution is 2.21. The first-order valence-corrected chi connectivity index (χ1v) is 8.99. The van der Waals surface area contributed by atoms with Crippen LogP contribution < -0.4 is 5.32 Å². The van der Waals surface area contributed by atoms with Gasteiger partial charge in [0.25, 0.3) is 5.91 Å². The number of hydrogen-bond acceptors (Lipinski definition) is 5. The van der Waals surface area contributed by atoms with Crippen LogP contribution in [0.3, 0.4) is 0 Å². The highest BCUT2D eigenvalue weighted by molar-refractivity contribution is 7.91. The van der Waals surface area contributed by atoms with Crippen molar-refractivity contribution in [1.29, 1.82) is 0 Å². The van der Waals surface area contributed by atoms with Crippen LogP contribution in [0.25, 0.3) is 0 Å². The second-order valence-electron chi connectivity index (χ2n) is 5.37. The molecule has 122 valence electrons. The van der Waals surface area contributed by atoms with Crippen LogP contribution in [0.15, 0.2) is 52.0 Å². The minimum Gasteiger partial charge on any atom is -0.459 e. The third-order valence-corrected chi connectivity index (χ3v) is 5.45. The van der Waals surface area contributed by atoms with Crippen LogP contribution >= 0.6 is 0 Å². The second kappa shape index (κ2) is 6.55. The van der Waals surface area contributed by atoms with Gasteiger partial charge in [0.1, 0.15) is 0 Å². The first kappa shape index (κ1) is 15.8. The zero-order chi connectivity index (χ0) is 16.3. The van der Waals surface area contributed by atoms with E-state index in [0.717, 1.165) is 12.8 Å². The largest absolute Gasteiger partial charge is 0.459 e. The lowest BCUT2D eigenvalue weighted by atomic mass is 10.3. The predicted octanol–water partition coefficient (Wildman–Crippen LogP) is 2.48. The van der Waals surface area contributed by atoms with Crippen LogP contribution in [0.2, 0.25) is 0 Å². The molecule has 0 bridgehead atoms. The number of carbonyl (C=O) groups excluding carboxylic acids is 1. The molecule has 1 aliphatic heterocycles. The number of amides is 1. The Labute approximate surface area is 134 Å². The van der Waals surface area contributed by atoms with E-state index in [4.69, 9.17) is 9.15 Å². The van der Waals surface area contributed by atoms with Gasteiger partial charge in [0.05, 0.1) is 23.0 Å². The molecule has 7 heteroatoms. The average molecular weight is 335 g/mol. The Kier molecular flexibility index (Phi) is 4.49. The minimum atomic E-state index is -3.39. The van der Waals surface area contributed by atoms with Crippen LogP contribution in [-0.2, 0) is 14.6 Å². The smallest absolute Gasteiger partial charge is 0.291 e. The van der Waals surface area contributed by atoms with Gasteiger partial charge in [0, 0.05) is 12.3 Å². The van der Waals surface area contributed by atoms with Crippen molar-refractivity contribution in [3.8, 4) is 0 Å². The molecule has 2 aromatic rings. The molecule has 1 fully saturated rings. The molecule has 6 nitrogen and oxygen atoms in total. The van der Waals surface area contributed by atoms with Gasteiger partial charge in [-0.1, -0.05) is 0 Å². The van der Waals surface area contributed by atoms with Crippen LogP contribution in [0.4, 0.5) is 5.69 Å². The summed E-state index contributed by atoms with van der Waals surface area (Å²) < 4.78 is 35.0. The molecule has 23 heavy (non-hydrogen) atoms. The molecule has 0 saturated carbocycles. The summed E-state index contributed by atoms with van der Waals surface area (Å²) in [6.45, 7) is 0.623. The summed E-state index contributed by atoms with van der Waals surface area (Å²) in [5.41, 5.74) is 0.502. The van der Waals surface area contributed by atoms with E-state index in [9.17, 15) is 13.2 Å². The first-order chi connectivity index (χ1) is 11.0. The van der Waals surface area contributed by atoms with Gasteiger partial charge in [-0.2, -0.15) is 0 Å². The summed E-state index contributed by atoms with van der Waals surface area (Å²) in [5.74, 6) is -0.199. The molecule has 1 saturated heterocycles. The number of nitrogens with one attached hydrogen (secondary N) is 1. The van der Waals surface area contributed by atoms with E-state index in [1.54, 1.807) is 24.3 Å². The van der Waals surface area contributed by atoms with E-state index in [2.05, 4.69) is 5.32 Å². The number of furan rings is 1. The topological polar surface area (TPSA) is 85.6 Å². The molecule has 1 N–H and O–H groups in total. The van der Waals surface area contributed by atoms with Gasteiger partial charge in [-0.3, -0.25) is 4.79 Å². The van der Waals surface area contributed by atoms with E-state index >= 15 is 0 Å². The molecule has 1 atom stereocenters. The molecule has 3 rings (SSSR count). The van der Waals surface area contributed by atoms with Gasteiger partial charge >= 0.3 is 0 Å². The van der Waals surface area contributed by atoms with Crippen LogP contribution in [0.5, 0.6) is 0 Å². The van der Waals surface area contributed by atoms with E-state index in [1.165, 1.54) is 18.4 Å². The fourth-order valence-corrected chi connectivity index (χ4v) is 3.96. The number of sulfone groups is 1. The molecule has 1 aromatic carbocycles. The number of carbonyl (C=O) groups is 1. The van der Waals surface area contributed by atoms with Crippen molar-refractivity contribution in [2.75, 3.05) is 17.7 Å². The average Bonchev–Trinajstić information content (AvgIpc) is 3.20. The molecular formula is C16H17NO5S. The molecular weight excluding hydrogens is 318 g/mol. The van der Waals surface area contributed by atoms with E-state index in [1.807, 2.05) is 0 Å². The van der Waals surface area contributed by atoms with E-state index in [-0.39, 0.29) is 28.4 Å². The molecule has 0 aliphatic carbocycles. The Bertz CT molecular complexity index is 759. The maximum Gasteiger partial charge on any atom is 0.291 e. The Morgan fingerprint density at radius 3 is 2.61 bits per heavy atom. The maximum atomic E-state index is 12.3. The molecule has 1 aliphatic rings. The minimum absolute atomic E-state index is 0.00883. The third-order valence-electron chi connectivity index (χ3n) is 3.65. The van der Waals surface area contributed by atoms with Gasteiger partial charge in [-0.15, -0.1) is 0 Å². The molecule has 2 heterocycles. The Balaban J connectivity index is 1.67. The number of ether oxygens (including phenoxy) is 1. The molecule has 0 radical (unpaired) electrons. The van der Waals surface area contributed by atoms with E-state index < -0.39 is 9.84 Å². The number of rotatable bonds is 5. The SMILES string of the molecule is O=C(Nc1ccc(S(=O)(=O)CC2CCCO2)cc1)c1ccco1. The van der Waals surface area contributed by atoms with Gasteiger partial charge in [-0.05, 0) is 49.2 Å². The lowest BCUT2D eigenvalue weighted by molar-refractivity contribution is 0.0996. The van der Waals surface area contributed by atoms with Crippen molar-refractivity contribution >= 4 is 21.4 Å². The lowest BCUT2D eigenvalue weighted by Crippen LogP contribution is -2.20. The summed E-state index contributed by atoms with van der Waals surface area (Å²) in [6, 6.07) is 9.27.